The predicted molar refractivity (Wildman–Crippen MR) is 97.6 cm³/mol. The molecule has 4 heterocycles. The molecule has 11 heteroatoms. The van der Waals surface area contributed by atoms with E-state index < -0.39 is 17.9 Å². The molecule has 30 heavy (non-hydrogen) atoms. The third-order valence-corrected chi connectivity index (χ3v) is 5.15. The van der Waals surface area contributed by atoms with E-state index in [1.165, 1.54) is 12.4 Å². The smallest absolute Gasteiger partial charge is 0.451 e. The fourth-order valence-electron chi connectivity index (χ4n) is 3.58. The first-order valence-corrected chi connectivity index (χ1v) is 9.50. The van der Waals surface area contributed by atoms with Crippen molar-refractivity contribution in [2.75, 3.05) is 39.5 Å². The Hall–Kier alpha value is -2.79. The number of halogens is 3. The van der Waals surface area contributed by atoms with Crippen LogP contribution in [0.5, 0.6) is 5.88 Å². The number of aromatic nitrogens is 3. The van der Waals surface area contributed by atoms with Gasteiger partial charge in [0.1, 0.15) is 12.5 Å². The van der Waals surface area contributed by atoms with E-state index in [1.807, 2.05) is 4.90 Å². The average molecular weight is 423 g/mol. The van der Waals surface area contributed by atoms with E-state index in [-0.39, 0.29) is 25.1 Å². The Labute approximate surface area is 170 Å². The summed E-state index contributed by atoms with van der Waals surface area (Å²) in [4.78, 5) is 25.8. The van der Waals surface area contributed by atoms with Crippen molar-refractivity contribution in [1.82, 2.24) is 25.2 Å². The molecular weight excluding hydrogens is 403 g/mol. The number of carbonyl (C=O) groups is 1. The van der Waals surface area contributed by atoms with Crippen molar-refractivity contribution < 1.29 is 27.4 Å². The van der Waals surface area contributed by atoms with Crippen molar-refractivity contribution in [2.24, 2.45) is 0 Å². The van der Waals surface area contributed by atoms with Gasteiger partial charge in [-0.05, 0) is 6.07 Å². The van der Waals surface area contributed by atoms with Gasteiger partial charge in [0, 0.05) is 49.4 Å². The number of alkyl halides is 3. The first-order valence-electron chi connectivity index (χ1n) is 9.50. The van der Waals surface area contributed by atoms with Crippen molar-refractivity contribution in [3.8, 4) is 5.88 Å². The average Bonchev–Trinajstić information content (AvgIpc) is 3.18. The molecule has 2 aliphatic rings. The van der Waals surface area contributed by atoms with E-state index in [9.17, 15) is 18.0 Å². The van der Waals surface area contributed by atoms with Gasteiger partial charge in [0.25, 0.3) is 0 Å². The third kappa shape index (κ3) is 4.36. The lowest BCUT2D eigenvalue weighted by Crippen LogP contribution is -2.44. The topological polar surface area (TPSA) is 89.5 Å². The summed E-state index contributed by atoms with van der Waals surface area (Å²) in [6, 6.07) is 3.16. The third-order valence-electron chi connectivity index (χ3n) is 5.15. The summed E-state index contributed by atoms with van der Waals surface area (Å²) in [5.74, 6) is -1.46. The second-order valence-corrected chi connectivity index (χ2v) is 7.01. The molecule has 0 unspecified atom stereocenters. The maximum Gasteiger partial charge on any atom is 0.451 e. The molecule has 2 aliphatic heterocycles. The van der Waals surface area contributed by atoms with Crippen molar-refractivity contribution in [3.05, 3.63) is 47.7 Å². The first-order chi connectivity index (χ1) is 14.4. The predicted octanol–water partition coefficient (Wildman–Crippen LogP) is 1.56. The quantitative estimate of drug-likeness (QED) is 0.781. The minimum Gasteiger partial charge on any atom is -0.476 e. The maximum atomic E-state index is 12.8. The fraction of sp³-hybridized carbons (Fsp3) is 0.474. The van der Waals surface area contributed by atoms with Crippen LogP contribution < -0.4 is 10.1 Å². The molecule has 0 saturated carbocycles. The molecule has 8 nitrogen and oxygen atoms in total. The van der Waals surface area contributed by atoms with Crippen LogP contribution in [0.3, 0.4) is 0 Å². The second kappa shape index (κ2) is 8.52. The van der Waals surface area contributed by atoms with E-state index in [2.05, 4.69) is 20.3 Å². The van der Waals surface area contributed by atoms with Gasteiger partial charge in [-0.3, -0.25) is 9.69 Å². The highest BCUT2D eigenvalue weighted by atomic mass is 19.4. The first kappa shape index (κ1) is 20.5. The molecule has 1 saturated heterocycles. The number of morpholine rings is 1. The number of pyridine rings is 1. The Balaban J connectivity index is 1.49. The molecule has 160 valence electrons. The highest BCUT2D eigenvalue weighted by Crippen LogP contribution is 2.32. The Bertz CT molecular complexity index is 888. The van der Waals surface area contributed by atoms with Crippen molar-refractivity contribution in [2.45, 2.75) is 18.1 Å². The molecule has 1 N–H and O–H groups in total. The lowest BCUT2D eigenvalue weighted by Gasteiger charge is -2.34. The standard InChI is InChI=1S/C19H20F3N5O3/c20-19(21,22)18-25-8-12(9-26-18)15(27-4-6-29-7-5-27)10-24-16(28)14-11-30-17-13(14)2-1-3-23-17/h1-3,8-9,14-15H,4-7,10-11H2,(H,24,28)/t14-,15-/m0/s1. The number of nitrogens with zero attached hydrogens (tertiary/aromatic N) is 4. The number of nitrogens with one attached hydrogen (secondary N) is 1. The SMILES string of the molecule is O=C(NC[C@@H](c1cnc(C(F)(F)F)nc1)N1CCOCC1)[C@H]1COc2ncccc21. The number of ether oxygens (including phenoxy) is 2. The van der Waals surface area contributed by atoms with Gasteiger partial charge < -0.3 is 14.8 Å². The molecule has 1 fully saturated rings. The molecule has 0 radical (unpaired) electrons. The monoisotopic (exact) mass is 423 g/mol. The fourth-order valence-corrected chi connectivity index (χ4v) is 3.58. The molecule has 0 bridgehead atoms. The number of fused-ring (bicyclic) bond motifs is 1. The Kier molecular flexibility index (Phi) is 5.82. The van der Waals surface area contributed by atoms with Crippen LogP contribution >= 0.6 is 0 Å². The van der Waals surface area contributed by atoms with Crippen LogP contribution in [-0.2, 0) is 15.7 Å². The minimum atomic E-state index is -4.61. The summed E-state index contributed by atoms with van der Waals surface area (Å²) in [6.45, 7) is 2.56. The van der Waals surface area contributed by atoms with Crippen molar-refractivity contribution in [3.63, 3.8) is 0 Å². The van der Waals surface area contributed by atoms with Gasteiger partial charge in [-0.1, -0.05) is 6.07 Å². The number of rotatable bonds is 5. The van der Waals surface area contributed by atoms with Gasteiger partial charge in [0.05, 0.1) is 19.3 Å². The molecule has 2 aromatic rings. The zero-order valence-corrected chi connectivity index (χ0v) is 15.9. The normalized spacial score (nSPS) is 20.3. The van der Waals surface area contributed by atoms with Crippen molar-refractivity contribution >= 4 is 5.91 Å². The second-order valence-electron chi connectivity index (χ2n) is 7.01. The van der Waals surface area contributed by atoms with E-state index in [0.29, 0.717) is 37.7 Å². The molecule has 4 rings (SSSR count). The van der Waals surface area contributed by atoms with Gasteiger partial charge >= 0.3 is 6.18 Å². The van der Waals surface area contributed by atoms with E-state index >= 15 is 0 Å². The van der Waals surface area contributed by atoms with Crippen LogP contribution in [0.4, 0.5) is 13.2 Å². The van der Waals surface area contributed by atoms with Gasteiger partial charge in [-0.25, -0.2) is 15.0 Å². The summed E-state index contributed by atoms with van der Waals surface area (Å²) < 4.78 is 49.2. The Morgan fingerprint density at radius 3 is 2.67 bits per heavy atom. The van der Waals surface area contributed by atoms with Gasteiger partial charge in [0.2, 0.25) is 17.6 Å². The number of hydrogen-bond donors (Lipinski definition) is 1. The molecule has 0 aromatic carbocycles. The molecule has 1 amide bonds. The Morgan fingerprint density at radius 2 is 1.97 bits per heavy atom. The molecular formula is C19H20F3N5O3. The highest BCUT2D eigenvalue weighted by molar-refractivity contribution is 5.85. The summed E-state index contributed by atoms with van der Waals surface area (Å²) >= 11 is 0. The van der Waals surface area contributed by atoms with Crippen LogP contribution in [0, 0.1) is 0 Å². The van der Waals surface area contributed by atoms with Crippen LogP contribution in [-0.4, -0.2) is 65.2 Å². The summed E-state index contributed by atoms with van der Waals surface area (Å²) in [5, 5.41) is 2.90. The molecule has 0 aliphatic carbocycles. The molecule has 0 spiro atoms. The molecule has 2 atom stereocenters. The minimum absolute atomic E-state index is 0.194. The van der Waals surface area contributed by atoms with Crippen LogP contribution in [0.1, 0.15) is 28.9 Å². The van der Waals surface area contributed by atoms with Crippen LogP contribution in [0.15, 0.2) is 30.7 Å². The van der Waals surface area contributed by atoms with E-state index in [1.54, 1.807) is 18.3 Å². The summed E-state index contributed by atoms with van der Waals surface area (Å²) in [7, 11) is 0. The summed E-state index contributed by atoms with van der Waals surface area (Å²) in [5.41, 5.74) is 1.21. The maximum absolute atomic E-state index is 12.8. The summed E-state index contributed by atoms with van der Waals surface area (Å²) in [6.07, 6.45) is -0.677. The number of amides is 1. The highest BCUT2D eigenvalue weighted by Gasteiger charge is 2.35. The van der Waals surface area contributed by atoms with Crippen molar-refractivity contribution in [1.29, 1.82) is 0 Å². The number of carbonyl (C=O) groups excluding carboxylic acids is 1. The largest absolute Gasteiger partial charge is 0.476 e. The van der Waals surface area contributed by atoms with Gasteiger partial charge in [-0.2, -0.15) is 13.2 Å². The lowest BCUT2D eigenvalue weighted by molar-refractivity contribution is -0.145. The Morgan fingerprint density at radius 1 is 1.23 bits per heavy atom. The number of hydrogen-bond acceptors (Lipinski definition) is 7. The molecule has 2 aromatic heterocycles. The van der Waals surface area contributed by atoms with Crippen LogP contribution in [0.2, 0.25) is 0 Å². The zero-order valence-electron chi connectivity index (χ0n) is 15.9. The van der Waals surface area contributed by atoms with E-state index in [4.69, 9.17) is 9.47 Å². The van der Waals surface area contributed by atoms with E-state index in [0.717, 1.165) is 5.56 Å². The van der Waals surface area contributed by atoms with Crippen LogP contribution in [0.25, 0.3) is 0 Å². The van der Waals surface area contributed by atoms with Gasteiger partial charge in [0.15, 0.2) is 0 Å². The lowest BCUT2D eigenvalue weighted by atomic mass is 10.0. The zero-order chi connectivity index (χ0) is 21.1. The van der Waals surface area contributed by atoms with Gasteiger partial charge in [-0.15, -0.1) is 0 Å².